The van der Waals surface area contributed by atoms with Crippen LogP contribution in [0.2, 0.25) is 0 Å². The van der Waals surface area contributed by atoms with Gasteiger partial charge in [-0.1, -0.05) is 67.1 Å². The van der Waals surface area contributed by atoms with Gasteiger partial charge < -0.3 is 60.6 Å². The number of carbonyl (C=O) groups is 3. The largest absolute Gasteiger partial charge is 3.00 e. The van der Waals surface area contributed by atoms with Gasteiger partial charge in [-0.25, -0.2) is 9.97 Å². The van der Waals surface area contributed by atoms with Crippen LogP contribution in [-0.4, -0.2) is 166 Å². The van der Waals surface area contributed by atoms with Crippen LogP contribution in [0.15, 0.2) is 103 Å². The third kappa shape index (κ3) is 12.6. The maximum Gasteiger partial charge on any atom is 3.00 e. The smallest absolute Gasteiger partial charge is 0.549 e. The van der Waals surface area contributed by atoms with Crippen LogP contribution >= 0.6 is 0 Å². The standard InChI is InChI=1S/C78H91N11O9.Al.FH/c1-73(2)52-27-24-47(41-55(52)76(7,8)87(73)96)68-58-30-34-62(82-58)69(50-18-15-20-53-71(50)77(9,10)88(97)74(53,3)4)60-32-28-56(80-60)67(57-29-33-61(81-57)70(63-35-31-59(68)83-63)51-19-16-21-54-72(51)78(11,12)89(98)75(54,5)6)46-22-25-48(26-23-46)79-36-14-13-17-49-42-85(44-65(92)93)38-37-84(43-64(90)91)39-40-86(49)45-66(94)95;;/h15-16,18-35,41,49,79-80,83,96-98H,13-14,17,36-40,42-45H2,1-12H3,(H,90,91)(H,92,93)(H,94,95);;1H/q;+3;/p-3/i;;1-1. The summed E-state index contributed by atoms with van der Waals surface area (Å²) in [4.78, 5) is 59.9. The number of benzene rings is 4. The normalized spacial score (nSPS) is 19.8. The van der Waals surface area contributed by atoms with Gasteiger partial charge in [0.15, 0.2) is 0 Å². The molecular weight excluding hydrogens is 1280 g/mol. The predicted molar refractivity (Wildman–Crippen MR) is 383 cm³/mol. The molecule has 22 heteroatoms. The van der Waals surface area contributed by atoms with Crippen molar-refractivity contribution in [2.75, 3.05) is 64.2 Å². The fourth-order valence-electron chi connectivity index (χ4n) is 16.9. The second-order valence-electron chi connectivity index (χ2n) is 30.3. The molecule has 7 aromatic rings. The fraction of sp³-hybridized carbons (Fsp3) is 0.397. The number of unbranched alkanes of at least 4 members (excludes halogenated alkanes) is 1. The number of halogens is 1. The number of nitrogens with zero attached hydrogens (tertiary/aromatic N) is 8. The van der Waals surface area contributed by atoms with Gasteiger partial charge in [-0.3, -0.25) is 19.4 Å². The first kappa shape index (κ1) is 73.0. The van der Waals surface area contributed by atoms with E-state index in [1.165, 1.54) is 15.2 Å². The van der Waals surface area contributed by atoms with Crippen molar-refractivity contribution in [1.82, 2.24) is 49.8 Å². The van der Waals surface area contributed by atoms with E-state index in [0.717, 1.165) is 106 Å². The first-order valence-corrected chi connectivity index (χ1v) is 34.0. The molecule has 3 aromatic heterocycles. The molecule has 1 atom stereocenters. The van der Waals surface area contributed by atoms with E-state index < -0.39 is 51.1 Å². The Labute approximate surface area is 593 Å². The minimum atomic E-state index is -1.28. The van der Waals surface area contributed by atoms with Crippen LogP contribution in [0.1, 0.15) is 159 Å². The molecule has 0 spiro atoms. The van der Waals surface area contributed by atoms with Crippen molar-refractivity contribution in [3.05, 3.63) is 159 Å². The molecule has 1 saturated heterocycles. The van der Waals surface area contributed by atoms with E-state index in [4.69, 9.17) is 9.97 Å². The van der Waals surface area contributed by atoms with Crippen molar-refractivity contribution in [2.45, 2.75) is 142 Å². The first-order valence-electron chi connectivity index (χ1n) is 34.0. The Bertz CT molecular complexity index is 4550. The zero-order valence-corrected chi connectivity index (χ0v) is 60.2. The molecule has 1 unspecified atom stereocenters. The molecule has 520 valence electrons. The van der Waals surface area contributed by atoms with E-state index in [1.807, 2.05) is 67.5 Å². The Morgan fingerprint density at radius 2 is 0.890 bits per heavy atom. The van der Waals surface area contributed by atoms with Gasteiger partial charge in [0.05, 0.1) is 73.9 Å². The van der Waals surface area contributed by atoms with E-state index in [9.17, 15) is 45.3 Å². The van der Waals surface area contributed by atoms with Crippen molar-refractivity contribution in [2.24, 2.45) is 0 Å². The van der Waals surface area contributed by atoms with Crippen molar-refractivity contribution in [3.8, 4) is 44.5 Å². The third-order valence-electron chi connectivity index (χ3n) is 21.7. The number of hydroxylamine groups is 6. The van der Waals surface area contributed by atoms with E-state index in [-0.39, 0.29) is 80.5 Å². The average molecular weight is 1370 g/mol. The number of carbonyl (C=O) groups excluding carboxylic acids is 3. The van der Waals surface area contributed by atoms with Crippen molar-refractivity contribution < 1.29 is 50.0 Å². The number of carboxylic acids is 3. The van der Waals surface area contributed by atoms with Crippen LogP contribution in [0, 0.1) is 0 Å². The number of aliphatic carboxylic acids is 3. The fourth-order valence-corrected chi connectivity index (χ4v) is 16.9. The number of aromatic nitrogens is 4. The van der Waals surface area contributed by atoms with E-state index in [1.54, 1.807) is 14.7 Å². The average Bonchev–Trinajstić information content (AvgIpc) is 1.57. The first-order chi connectivity index (χ1) is 46.3. The Morgan fingerprint density at radius 3 is 1.39 bits per heavy atom. The van der Waals surface area contributed by atoms with Gasteiger partial charge in [0, 0.05) is 115 Å². The Kier molecular flexibility index (Phi) is 19.7. The molecule has 20 nitrogen and oxygen atoms in total. The SMILES string of the molecule is CC1(C)c2ccc(-c3c4nc(c(-c5cccc6c5C(C)(C)N(O)C6(C)C)c5ccc([nH]5)c(-c5ccc(NCCCCC6CN(CC(=O)[O-])CCN(CC(=O)[O-])CCN6CC(=O)[O-])cc5)c5nc(c(-c6cccc7c6C(C)(C)N(O)C7(C)C)c6ccc3[nH]6)C=C5)C=C4)cc2C(C)(C)N1O.[18FH].[Al+3]. The Morgan fingerprint density at radius 1 is 0.480 bits per heavy atom. The maximum atomic E-state index is 12.1. The van der Waals surface area contributed by atoms with Crippen LogP contribution in [-0.2, 0) is 47.6 Å². The summed E-state index contributed by atoms with van der Waals surface area (Å²) in [5.41, 5.74) is 15.3. The molecule has 100 heavy (non-hydrogen) atoms. The number of aromatic amines is 2. The second-order valence-corrected chi connectivity index (χ2v) is 30.3. The summed E-state index contributed by atoms with van der Waals surface area (Å²) in [7, 11) is 0. The molecule has 0 radical (unpaired) electrons. The second kappa shape index (κ2) is 27.0. The zero-order chi connectivity index (χ0) is 69.9. The summed E-state index contributed by atoms with van der Waals surface area (Å²) >= 11 is 0. The van der Waals surface area contributed by atoms with Crippen LogP contribution in [0.4, 0.5) is 10.4 Å². The minimum absolute atomic E-state index is 0. The molecular formula is C78H89AlFN11O9. The Hall–Kier alpha value is -8.21. The number of nitrogens with one attached hydrogen (secondary N) is 3. The van der Waals surface area contributed by atoms with Gasteiger partial charge in [-0.2, -0.15) is 15.2 Å². The molecule has 0 amide bonds. The van der Waals surface area contributed by atoms with Gasteiger partial charge in [0.1, 0.15) is 0 Å². The molecule has 4 aromatic carbocycles. The Balaban J connectivity index is 0.00000504. The topological polar surface area (TPSA) is 270 Å². The molecule has 1 fully saturated rings. The summed E-state index contributed by atoms with van der Waals surface area (Å²) < 4.78 is 0. The molecule has 8 bridgehead atoms. The summed E-state index contributed by atoms with van der Waals surface area (Å²) in [6.07, 6.45) is 10.2. The molecule has 6 aliphatic rings. The van der Waals surface area contributed by atoms with Crippen molar-refractivity contribution in [1.29, 1.82) is 0 Å². The summed E-state index contributed by atoms with van der Waals surface area (Å²) in [6.45, 7) is 25.3. The number of fused-ring (bicyclic) bond motifs is 11. The molecule has 9 heterocycles. The molecule has 13 rings (SSSR count). The molecule has 0 aliphatic carbocycles. The zero-order valence-electron chi connectivity index (χ0n) is 59.0. The van der Waals surface area contributed by atoms with Crippen molar-refractivity contribution in [3.63, 3.8) is 0 Å². The minimum Gasteiger partial charge on any atom is -0.549 e. The van der Waals surface area contributed by atoms with Crippen LogP contribution < -0.4 is 20.6 Å². The number of hydrogen-bond acceptors (Lipinski definition) is 18. The summed E-state index contributed by atoms with van der Waals surface area (Å²) in [6, 6.07) is 35.3. The number of rotatable bonds is 16. The van der Waals surface area contributed by atoms with Crippen molar-refractivity contribution >= 4 is 87.3 Å². The molecule has 6 aliphatic heterocycles. The monoisotopic (exact) mass is 1370 g/mol. The molecule has 0 saturated carbocycles. The van der Waals surface area contributed by atoms with Gasteiger partial charge in [0.25, 0.3) is 0 Å². The molecule has 6 N–H and O–H groups in total. The van der Waals surface area contributed by atoms with Crippen LogP contribution in [0.3, 0.4) is 0 Å². The number of anilines is 1. The van der Waals surface area contributed by atoms with Gasteiger partial charge in [-0.05, 0) is 218 Å². The summed E-state index contributed by atoms with van der Waals surface area (Å²) in [5.74, 6) is -3.82. The van der Waals surface area contributed by atoms with Crippen LogP contribution in [0.25, 0.3) is 90.9 Å². The van der Waals surface area contributed by atoms with E-state index >= 15 is 0 Å². The van der Waals surface area contributed by atoms with E-state index in [0.29, 0.717) is 48.6 Å². The third-order valence-corrected chi connectivity index (χ3v) is 21.7. The van der Waals surface area contributed by atoms with Gasteiger partial charge in [-0.15, -0.1) is 0 Å². The summed E-state index contributed by atoms with van der Waals surface area (Å²) in [5, 5.41) is 79.5. The predicted octanol–water partition coefficient (Wildman–Crippen LogP) is 9.74. The quantitative estimate of drug-likeness (QED) is 0.0388. The van der Waals surface area contributed by atoms with Gasteiger partial charge in [0.2, 0.25) is 0 Å². The number of hydrogen-bond donors (Lipinski definition) is 6. The van der Waals surface area contributed by atoms with Crippen LogP contribution in [0.5, 0.6) is 0 Å². The van der Waals surface area contributed by atoms with Gasteiger partial charge >= 0.3 is 17.4 Å². The number of H-pyrrole nitrogens is 2. The number of carboxylic acid groups (broad SMARTS) is 3. The maximum absolute atomic E-state index is 12.1. The van der Waals surface area contributed by atoms with E-state index in [2.05, 4.69) is 158 Å².